The first kappa shape index (κ1) is 15.4. The van der Waals surface area contributed by atoms with E-state index in [1.165, 1.54) is 4.68 Å². The van der Waals surface area contributed by atoms with E-state index in [4.69, 9.17) is 0 Å². The number of nitrogens with one attached hydrogen (secondary N) is 1. The van der Waals surface area contributed by atoms with Crippen LogP contribution in [0.3, 0.4) is 0 Å². The molecule has 1 amide bonds. The second-order valence-corrected chi connectivity index (χ2v) is 5.50. The third kappa shape index (κ3) is 3.38. The molecule has 2 atom stereocenters. The lowest BCUT2D eigenvalue weighted by Crippen LogP contribution is -2.34. The smallest absolute Gasteiger partial charge is 0.312 e. The Balaban J connectivity index is 1.94. The van der Waals surface area contributed by atoms with Crippen LogP contribution in [0.25, 0.3) is 0 Å². The van der Waals surface area contributed by atoms with Crippen LogP contribution in [0, 0.1) is 29.9 Å². The highest BCUT2D eigenvalue weighted by atomic mass is 16.6. The fraction of sp³-hybridized carbons (Fsp3) is 0.692. The normalized spacial score (nSPS) is 21.5. The lowest BCUT2D eigenvalue weighted by molar-refractivity contribution is -0.386. The molecule has 0 bridgehead atoms. The summed E-state index contributed by atoms with van der Waals surface area (Å²) in [7, 11) is 0. The van der Waals surface area contributed by atoms with Crippen LogP contribution in [-0.4, -0.2) is 38.4 Å². The molecule has 0 spiro atoms. The third-order valence-corrected chi connectivity index (χ3v) is 4.00. The minimum atomic E-state index is -0.485. The van der Waals surface area contributed by atoms with Gasteiger partial charge in [-0.3, -0.25) is 19.6 Å². The number of carbonyl (C=O) groups is 1. The van der Waals surface area contributed by atoms with E-state index in [1.807, 2.05) is 0 Å². The quantitative estimate of drug-likeness (QED) is 0.613. The number of nitro groups is 1. The van der Waals surface area contributed by atoms with Crippen LogP contribution in [0.5, 0.6) is 0 Å². The molecule has 0 aliphatic heterocycles. The number of aliphatic hydroxyl groups excluding tert-OH is 1. The number of aromatic nitrogens is 2. The van der Waals surface area contributed by atoms with Crippen molar-refractivity contribution in [2.24, 2.45) is 5.92 Å². The van der Waals surface area contributed by atoms with E-state index >= 15 is 0 Å². The van der Waals surface area contributed by atoms with Gasteiger partial charge in [0.2, 0.25) is 5.91 Å². The molecule has 1 aliphatic carbocycles. The number of nitrogens with zero attached hydrogens (tertiary/aromatic N) is 3. The zero-order chi connectivity index (χ0) is 15.6. The number of hydrogen-bond acceptors (Lipinski definition) is 5. The monoisotopic (exact) mass is 296 g/mol. The maximum atomic E-state index is 11.9. The van der Waals surface area contributed by atoms with E-state index in [9.17, 15) is 20.0 Å². The van der Waals surface area contributed by atoms with Crippen LogP contribution in [0.4, 0.5) is 5.69 Å². The summed E-state index contributed by atoms with van der Waals surface area (Å²) in [4.78, 5) is 22.3. The maximum absolute atomic E-state index is 11.9. The topological polar surface area (TPSA) is 110 Å². The molecular formula is C13H20N4O4. The van der Waals surface area contributed by atoms with Crippen molar-refractivity contribution in [3.05, 3.63) is 21.5 Å². The third-order valence-electron chi connectivity index (χ3n) is 4.00. The molecular weight excluding hydrogens is 276 g/mol. The van der Waals surface area contributed by atoms with Crippen LogP contribution in [0.2, 0.25) is 0 Å². The Morgan fingerprint density at radius 1 is 1.52 bits per heavy atom. The van der Waals surface area contributed by atoms with Gasteiger partial charge in [0.05, 0.1) is 11.0 Å². The highest BCUT2D eigenvalue weighted by Crippen LogP contribution is 2.24. The Morgan fingerprint density at radius 3 is 2.76 bits per heavy atom. The molecule has 0 aromatic carbocycles. The zero-order valence-corrected chi connectivity index (χ0v) is 12.2. The van der Waals surface area contributed by atoms with Gasteiger partial charge in [-0.1, -0.05) is 6.42 Å². The van der Waals surface area contributed by atoms with Crippen LogP contribution >= 0.6 is 0 Å². The summed E-state index contributed by atoms with van der Waals surface area (Å²) in [6, 6.07) is 0. The number of aryl methyl sites for hydroxylation is 1. The largest absolute Gasteiger partial charge is 0.393 e. The lowest BCUT2D eigenvalue weighted by atomic mass is 10.1. The summed E-state index contributed by atoms with van der Waals surface area (Å²) in [6.07, 6.45) is 2.32. The van der Waals surface area contributed by atoms with Gasteiger partial charge in [-0.05, 0) is 26.7 Å². The SMILES string of the molecule is Cc1nn(CC(=O)NCC2CCCC2O)c(C)c1[N+](=O)[O-]. The van der Waals surface area contributed by atoms with Gasteiger partial charge in [0, 0.05) is 12.5 Å². The van der Waals surface area contributed by atoms with E-state index in [0.717, 1.165) is 19.3 Å². The highest BCUT2D eigenvalue weighted by Gasteiger charge is 2.26. The van der Waals surface area contributed by atoms with E-state index in [2.05, 4.69) is 10.4 Å². The number of amides is 1. The average Bonchev–Trinajstić information content (AvgIpc) is 2.91. The Bertz CT molecular complexity index is 555. The Labute approximate surface area is 122 Å². The van der Waals surface area contributed by atoms with Crippen molar-refractivity contribution >= 4 is 11.6 Å². The van der Waals surface area contributed by atoms with Crippen molar-refractivity contribution in [1.82, 2.24) is 15.1 Å². The summed E-state index contributed by atoms with van der Waals surface area (Å²) >= 11 is 0. The molecule has 1 fully saturated rings. The first-order chi connectivity index (χ1) is 9.90. The van der Waals surface area contributed by atoms with Gasteiger partial charge in [0.1, 0.15) is 17.9 Å². The summed E-state index contributed by atoms with van der Waals surface area (Å²) in [5, 5.41) is 27.4. The summed E-state index contributed by atoms with van der Waals surface area (Å²) < 4.78 is 1.34. The van der Waals surface area contributed by atoms with Crippen LogP contribution < -0.4 is 5.32 Å². The minimum Gasteiger partial charge on any atom is -0.393 e. The van der Waals surface area contributed by atoms with Crippen molar-refractivity contribution in [3.8, 4) is 0 Å². The fourth-order valence-corrected chi connectivity index (χ4v) is 2.80. The summed E-state index contributed by atoms with van der Waals surface area (Å²) in [6.45, 7) is 3.51. The van der Waals surface area contributed by atoms with E-state index in [1.54, 1.807) is 13.8 Å². The molecule has 2 unspecified atom stereocenters. The Morgan fingerprint density at radius 2 is 2.24 bits per heavy atom. The molecule has 21 heavy (non-hydrogen) atoms. The fourth-order valence-electron chi connectivity index (χ4n) is 2.80. The second kappa shape index (κ2) is 6.21. The Kier molecular flexibility index (Phi) is 4.56. The van der Waals surface area contributed by atoms with Crippen LogP contribution in [0.1, 0.15) is 30.7 Å². The van der Waals surface area contributed by atoms with Gasteiger partial charge in [-0.15, -0.1) is 0 Å². The van der Waals surface area contributed by atoms with Gasteiger partial charge in [0.15, 0.2) is 0 Å². The predicted octanol–water partition coefficient (Wildman–Crippen LogP) is 0.685. The molecule has 1 aromatic rings. The zero-order valence-electron chi connectivity index (χ0n) is 12.2. The lowest BCUT2D eigenvalue weighted by Gasteiger charge is -2.15. The van der Waals surface area contributed by atoms with Gasteiger partial charge in [-0.25, -0.2) is 0 Å². The summed E-state index contributed by atoms with van der Waals surface area (Å²) in [5.74, 6) is -0.154. The number of rotatable bonds is 5. The second-order valence-electron chi connectivity index (χ2n) is 5.50. The van der Waals surface area contributed by atoms with Gasteiger partial charge < -0.3 is 10.4 Å². The molecule has 1 aliphatic rings. The van der Waals surface area contributed by atoms with E-state index in [-0.39, 0.29) is 30.2 Å². The van der Waals surface area contributed by atoms with Crippen molar-refractivity contribution < 1.29 is 14.8 Å². The molecule has 1 heterocycles. The molecule has 0 radical (unpaired) electrons. The van der Waals surface area contributed by atoms with Crippen molar-refractivity contribution in [1.29, 1.82) is 0 Å². The van der Waals surface area contributed by atoms with Crippen LogP contribution in [-0.2, 0) is 11.3 Å². The van der Waals surface area contributed by atoms with Crippen molar-refractivity contribution in [2.45, 2.75) is 45.8 Å². The highest BCUT2D eigenvalue weighted by molar-refractivity contribution is 5.75. The van der Waals surface area contributed by atoms with E-state index < -0.39 is 4.92 Å². The molecule has 1 saturated carbocycles. The standard InChI is InChI=1S/C13H20N4O4/c1-8-13(17(20)21)9(2)16(15-8)7-12(19)14-6-10-4-3-5-11(10)18/h10-11,18H,3-7H2,1-2H3,(H,14,19). The molecule has 2 N–H and O–H groups in total. The minimum absolute atomic E-state index is 0.0472. The molecule has 8 nitrogen and oxygen atoms in total. The van der Waals surface area contributed by atoms with Gasteiger partial charge in [0.25, 0.3) is 0 Å². The summed E-state index contributed by atoms with van der Waals surface area (Å²) in [5.41, 5.74) is 0.624. The first-order valence-electron chi connectivity index (χ1n) is 7.03. The average molecular weight is 296 g/mol. The number of carbonyl (C=O) groups excluding carboxylic acids is 1. The molecule has 8 heteroatoms. The predicted molar refractivity (Wildman–Crippen MR) is 74.7 cm³/mol. The molecule has 0 saturated heterocycles. The molecule has 116 valence electrons. The van der Waals surface area contributed by atoms with E-state index in [0.29, 0.717) is 17.9 Å². The molecule has 2 rings (SSSR count). The Hall–Kier alpha value is -1.96. The number of aliphatic hydroxyl groups is 1. The van der Waals surface area contributed by atoms with Crippen molar-refractivity contribution in [2.75, 3.05) is 6.54 Å². The van der Waals surface area contributed by atoms with Gasteiger partial charge >= 0.3 is 5.69 Å². The first-order valence-corrected chi connectivity index (χ1v) is 7.03. The van der Waals surface area contributed by atoms with Crippen LogP contribution in [0.15, 0.2) is 0 Å². The van der Waals surface area contributed by atoms with Gasteiger partial charge in [-0.2, -0.15) is 5.10 Å². The molecule has 1 aromatic heterocycles. The number of hydrogen-bond donors (Lipinski definition) is 2. The maximum Gasteiger partial charge on any atom is 0.312 e. The van der Waals surface area contributed by atoms with Crippen molar-refractivity contribution in [3.63, 3.8) is 0 Å².